The van der Waals surface area contributed by atoms with E-state index in [4.69, 9.17) is 11.6 Å². The predicted molar refractivity (Wildman–Crippen MR) is 119 cm³/mol. The van der Waals surface area contributed by atoms with Crippen molar-refractivity contribution in [2.75, 3.05) is 13.1 Å². The van der Waals surface area contributed by atoms with Crippen LogP contribution in [0, 0.1) is 5.92 Å². The molecule has 2 amide bonds. The molecule has 2 aromatic rings. The number of thiophene rings is 1. The Morgan fingerprint density at radius 3 is 2.48 bits per heavy atom. The van der Waals surface area contributed by atoms with E-state index in [1.54, 1.807) is 16.2 Å². The van der Waals surface area contributed by atoms with Crippen LogP contribution in [0.4, 0.5) is 0 Å². The summed E-state index contributed by atoms with van der Waals surface area (Å²) in [5.74, 6) is 0.302. The van der Waals surface area contributed by atoms with E-state index in [1.807, 2.05) is 56.9 Å². The van der Waals surface area contributed by atoms with Crippen molar-refractivity contribution in [1.29, 1.82) is 0 Å². The van der Waals surface area contributed by atoms with Crippen molar-refractivity contribution in [1.82, 2.24) is 9.80 Å². The van der Waals surface area contributed by atoms with Gasteiger partial charge in [0.25, 0.3) is 0 Å². The normalized spacial score (nSPS) is 16.2. The van der Waals surface area contributed by atoms with Crippen LogP contribution in [-0.2, 0) is 16.0 Å². The van der Waals surface area contributed by atoms with Gasteiger partial charge in [0.2, 0.25) is 11.8 Å². The van der Waals surface area contributed by atoms with Gasteiger partial charge in [-0.15, -0.1) is 11.3 Å². The van der Waals surface area contributed by atoms with Gasteiger partial charge in [-0.25, -0.2) is 0 Å². The molecular formula is C23H29ClN2O2S. The van der Waals surface area contributed by atoms with E-state index >= 15 is 0 Å². The van der Waals surface area contributed by atoms with Crippen molar-refractivity contribution in [3.8, 4) is 0 Å². The molecule has 156 valence electrons. The molecule has 4 nitrogen and oxygen atoms in total. The SMILES string of the molecule is CC(C)CC(=O)N(CC(=O)N1CCc2sccc2C1c1ccc(Cl)cc1)C(C)C. The smallest absolute Gasteiger partial charge is 0.243 e. The Kier molecular flexibility index (Phi) is 7.01. The highest BCUT2D eigenvalue weighted by atomic mass is 35.5. The van der Waals surface area contributed by atoms with Gasteiger partial charge in [-0.1, -0.05) is 37.6 Å². The molecule has 0 saturated carbocycles. The predicted octanol–water partition coefficient (Wildman–Crippen LogP) is 5.16. The minimum absolute atomic E-state index is 0.00685. The second-order valence-electron chi connectivity index (χ2n) is 8.30. The summed E-state index contributed by atoms with van der Waals surface area (Å²) in [6.07, 6.45) is 1.31. The van der Waals surface area contributed by atoms with Crippen LogP contribution in [0.3, 0.4) is 0 Å². The summed E-state index contributed by atoms with van der Waals surface area (Å²) < 4.78 is 0. The Hall–Kier alpha value is -1.85. The Balaban J connectivity index is 1.87. The summed E-state index contributed by atoms with van der Waals surface area (Å²) in [6, 6.07) is 9.68. The fourth-order valence-electron chi connectivity index (χ4n) is 3.85. The number of benzene rings is 1. The Morgan fingerprint density at radius 2 is 1.86 bits per heavy atom. The third-order valence-corrected chi connectivity index (χ3v) is 6.55. The van der Waals surface area contributed by atoms with Gasteiger partial charge >= 0.3 is 0 Å². The summed E-state index contributed by atoms with van der Waals surface area (Å²) in [4.78, 5) is 31.1. The van der Waals surface area contributed by atoms with Crippen LogP contribution in [0.1, 0.15) is 56.2 Å². The Labute approximate surface area is 182 Å². The number of carbonyl (C=O) groups is 2. The Bertz CT molecular complexity index is 860. The highest BCUT2D eigenvalue weighted by Crippen LogP contribution is 2.38. The lowest BCUT2D eigenvalue weighted by molar-refractivity contribution is -0.143. The standard InChI is InChI=1S/C23H29ClN2O2S/c1-15(2)13-21(27)26(16(3)4)14-22(28)25-11-9-20-19(10-12-29-20)23(25)17-5-7-18(24)8-6-17/h5-8,10,12,15-16,23H,9,11,13-14H2,1-4H3. The second kappa shape index (κ2) is 9.31. The average molecular weight is 433 g/mol. The topological polar surface area (TPSA) is 40.6 Å². The maximum atomic E-state index is 13.4. The molecule has 29 heavy (non-hydrogen) atoms. The van der Waals surface area contributed by atoms with Gasteiger partial charge < -0.3 is 9.80 Å². The number of rotatable bonds is 6. The third kappa shape index (κ3) is 5.01. The number of halogens is 1. The lowest BCUT2D eigenvalue weighted by Gasteiger charge is -2.38. The zero-order valence-electron chi connectivity index (χ0n) is 17.5. The molecular weight excluding hydrogens is 404 g/mol. The van der Waals surface area contributed by atoms with Crippen LogP contribution in [0.2, 0.25) is 5.02 Å². The molecule has 0 fully saturated rings. The molecule has 2 heterocycles. The molecule has 1 unspecified atom stereocenters. The molecule has 1 aromatic carbocycles. The van der Waals surface area contributed by atoms with Crippen molar-refractivity contribution in [3.05, 3.63) is 56.7 Å². The monoisotopic (exact) mass is 432 g/mol. The number of hydrogen-bond donors (Lipinski definition) is 0. The second-order valence-corrected chi connectivity index (χ2v) is 9.74. The number of amides is 2. The van der Waals surface area contributed by atoms with Crippen molar-refractivity contribution >= 4 is 34.8 Å². The van der Waals surface area contributed by atoms with E-state index in [0.717, 1.165) is 12.0 Å². The van der Waals surface area contributed by atoms with Crippen molar-refractivity contribution in [3.63, 3.8) is 0 Å². The molecule has 0 saturated heterocycles. The van der Waals surface area contributed by atoms with Gasteiger partial charge in [-0.05, 0) is 60.9 Å². The van der Waals surface area contributed by atoms with Crippen LogP contribution < -0.4 is 0 Å². The van der Waals surface area contributed by atoms with E-state index in [-0.39, 0.29) is 36.4 Å². The van der Waals surface area contributed by atoms with Crippen LogP contribution in [-0.4, -0.2) is 40.7 Å². The molecule has 1 aromatic heterocycles. The molecule has 0 radical (unpaired) electrons. The van der Waals surface area contributed by atoms with Crippen molar-refractivity contribution < 1.29 is 9.59 Å². The van der Waals surface area contributed by atoms with E-state index < -0.39 is 0 Å². The molecule has 0 spiro atoms. The van der Waals surface area contributed by atoms with E-state index in [1.165, 1.54) is 10.4 Å². The maximum Gasteiger partial charge on any atom is 0.243 e. The number of fused-ring (bicyclic) bond motifs is 1. The first kappa shape index (κ1) is 21.8. The maximum absolute atomic E-state index is 13.4. The minimum atomic E-state index is -0.135. The van der Waals surface area contributed by atoms with E-state index in [9.17, 15) is 9.59 Å². The fraction of sp³-hybridized carbons (Fsp3) is 0.478. The minimum Gasteiger partial charge on any atom is -0.331 e. The molecule has 0 bridgehead atoms. The summed E-state index contributed by atoms with van der Waals surface area (Å²) in [5, 5.41) is 2.77. The molecule has 6 heteroatoms. The zero-order valence-corrected chi connectivity index (χ0v) is 19.1. The highest BCUT2D eigenvalue weighted by Gasteiger charge is 2.34. The van der Waals surface area contributed by atoms with E-state index in [2.05, 4.69) is 11.4 Å². The first-order valence-electron chi connectivity index (χ1n) is 10.2. The van der Waals surface area contributed by atoms with E-state index in [0.29, 0.717) is 18.0 Å². The summed E-state index contributed by atoms with van der Waals surface area (Å²) in [7, 11) is 0. The van der Waals surface area contributed by atoms with Gasteiger partial charge in [0.05, 0.1) is 6.04 Å². The third-order valence-electron chi connectivity index (χ3n) is 5.30. The fourth-order valence-corrected chi connectivity index (χ4v) is 4.88. The van der Waals surface area contributed by atoms with Gasteiger partial charge in [0.15, 0.2) is 0 Å². The van der Waals surface area contributed by atoms with Gasteiger partial charge in [-0.3, -0.25) is 9.59 Å². The molecule has 0 aliphatic carbocycles. The molecule has 1 aliphatic heterocycles. The van der Waals surface area contributed by atoms with Crippen LogP contribution in [0.5, 0.6) is 0 Å². The first-order valence-corrected chi connectivity index (χ1v) is 11.4. The van der Waals surface area contributed by atoms with Gasteiger partial charge in [0, 0.05) is 28.9 Å². The summed E-state index contributed by atoms with van der Waals surface area (Å²) >= 11 is 7.83. The Morgan fingerprint density at radius 1 is 1.17 bits per heavy atom. The van der Waals surface area contributed by atoms with Crippen LogP contribution in [0.25, 0.3) is 0 Å². The molecule has 3 rings (SSSR count). The van der Waals surface area contributed by atoms with Gasteiger partial charge in [-0.2, -0.15) is 0 Å². The molecule has 0 N–H and O–H groups in total. The van der Waals surface area contributed by atoms with Crippen molar-refractivity contribution in [2.24, 2.45) is 5.92 Å². The number of nitrogens with zero attached hydrogens (tertiary/aromatic N) is 2. The zero-order chi connectivity index (χ0) is 21.1. The van der Waals surface area contributed by atoms with Crippen LogP contribution >= 0.6 is 22.9 Å². The number of hydrogen-bond acceptors (Lipinski definition) is 3. The quantitative estimate of drug-likeness (QED) is 0.632. The van der Waals surface area contributed by atoms with Gasteiger partial charge in [0.1, 0.15) is 6.54 Å². The van der Waals surface area contributed by atoms with Crippen LogP contribution in [0.15, 0.2) is 35.7 Å². The number of carbonyl (C=O) groups excluding carboxylic acids is 2. The summed E-state index contributed by atoms with van der Waals surface area (Å²) in [6.45, 7) is 8.76. The lowest BCUT2D eigenvalue weighted by Crippen LogP contribution is -2.48. The molecule has 1 atom stereocenters. The highest BCUT2D eigenvalue weighted by molar-refractivity contribution is 7.10. The lowest BCUT2D eigenvalue weighted by atomic mass is 9.93. The first-order chi connectivity index (χ1) is 13.8. The van der Waals surface area contributed by atoms with Crippen molar-refractivity contribution in [2.45, 2.75) is 52.6 Å². The summed E-state index contributed by atoms with van der Waals surface area (Å²) in [5.41, 5.74) is 2.23. The average Bonchev–Trinajstić information content (AvgIpc) is 3.13. The molecule has 1 aliphatic rings. The largest absolute Gasteiger partial charge is 0.331 e.